The third kappa shape index (κ3) is 4.36. The lowest BCUT2D eigenvalue weighted by Gasteiger charge is -2.60. The Morgan fingerprint density at radius 3 is 2.39 bits per heavy atom. The first-order chi connectivity index (χ1) is 15.5. The van der Waals surface area contributed by atoms with Crippen LogP contribution in [0.3, 0.4) is 0 Å². The summed E-state index contributed by atoms with van der Waals surface area (Å²) in [7, 11) is 0. The highest BCUT2D eigenvalue weighted by Gasteiger charge is 2.63. The van der Waals surface area contributed by atoms with Gasteiger partial charge in [-0.05, 0) is 97.2 Å². The van der Waals surface area contributed by atoms with E-state index in [1.165, 1.54) is 32.6 Å². The van der Waals surface area contributed by atoms with Gasteiger partial charge in [0.1, 0.15) is 11.9 Å². The molecule has 4 aliphatic rings. The molecular formula is C30H48O3. The Kier molecular flexibility index (Phi) is 6.93. The largest absolute Gasteiger partial charge is 0.463 e. The van der Waals surface area contributed by atoms with E-state index in [0.29, 0.717) is 47.2 Å². The van der Waals surface area contributed by atoms with Gasteiger partial charge in [0.2, 0.25) is 0 Å². The van der Waals surface area contributed by atoms with Gasteiger partial charge in [-0.1, -0.05) is 53.7 Å². The molecule has 4 aliphatic carbocycles. The molecule has 10 unspecified atom stereocenters. The fraction of sp³-hybridized carbons (Fsp3) is 0.867. The Hall–Kier alpha value is -1.12. The van der Waals surface area contributed by atoms with Crippen LogP contribution in [0.1, 0.15) is 99.8 Å². The molecule has 0 heterocycles. The Balaban J connectivity index is 1.52. The van der Waals surface area contributed by atoms with E-state index in [2.05, 4.69) is 53.7 Å². The smallest absolute Gasteiger partial charge is 0.302 e. The lowest BCUT2D eigenvalue weighted by Crippen LogP contribution is -2.58. The van der Waals surface area contributed by atoms with Gasteiger partial charge in [-0.3, -0.25) is 9.59 Å². The Morgan fingerprint density at radius 1 is 1.00 bits per heavy atom. The third-order valence-corrected chi connectivity index (χ3v) is 11.1. The zero-order valence-electron chi connectivity index (χ0n) is 22.2. The van der Waals surface area contributed by atoms with Crippen molar-refractivity contribution in [2.24, 2.45) is 58.2 Å². The maximum atomic E-state index is 13.9. The second-order valence-electron chi connectivity index (χ2n) is 13.2. The number of hydrogen-bond donors (Lipinski definition) is 0. The molecule has 0 saturated heterocycles. The normalized spacial score (nSPS) is 44.8. The van der Waals surface area contributed by atoms with Crippen LogP contribution in [0.4, 0.5) is 0 Å². The second-order valence-corrected chi connectivity index (χ2v) is 13.2. The molecule has 0 bridgehead atoms. The van der Waals surface area contributed by atoms with Gasteiger partial charge in [0.15, 0.2) is 0 Å². The molecule has 0 aliphatic heterocycles. The van der Waals surface area contributed by atoms with Crippen LogP contribution in [-0.4, -0.2) is 17.9 Å². The van der Waals surface area contributed by atoms with Gasteiger partial charge in [0.05, 0.1) is 0 Å². The molecule has 33 heavy (non-hydrogen) atoms. The van der Waals surface area contributed by atoms with Crippen LogP contribution in [-0.2, 0) is 14.3 Å². The molecule has 186 valence electrons. The van der Waals surface area contributed by atoms with E-state index in [0.717, 1.165) is 25.7 Å². The summed E-state index contributed by atoms with van der Waals surface area (Å²) < 4.78 is 5.60. The average Bonchev–Trinajstić information content (AvgIpc) is 3.07. The van der Waals surface area contributed by atoms with Crippen molar-refractivity contribution in [3.8, 4) is 0 Å². The van der Waals surface area contributed by atoms with Crippen LogP contribution < -0.4 is 0 Å². The van der Waals surface area contributed by atoms with Crippen LogP contribution in [0.25, 0.3) is 0 Å². The number of allylic oxidation sites excluding steroid dienone is 2. The first kappa shape index (κ1) is 25.0. The van der Waals surface area contributed by atoms with E-state index >= 15 is 0 Å². The van der Waals surface area contributed by atoms with Crippen LogP contribution in [0.2, 0.25) is 0 Å². The zero-order valence-corrected chi connectivity index (χ0v) is 22.2. The summed E-state index contributed by atoms with van der Waals surface area (Å²) >= 11 is 0. The first-order valence-corrected chi connectivity index (χ1v) is 13.9. The van der Waals surface area contributed by atoms with Crippen LogP contribution >= 0.6 is 0 Å². The van der Waals surface area contributed by atoms with E-state index < -0.39 is 0 Å². The molecule has 10 atom stereocenters. The molecule has 4 saturated carbocycles. The molecule has 0 amide bonds. The lowest BCUT2D eigenvalue weighted by molar-refractivity contribution is -0.169. The van der Waals surface area contributed by atoms with Crippen LogP contribution in [0.15, 0.2) is 12.2 Å². The van der Waals surface area contributed by atoms with Crippen molar-refractivity contribution in [1.82, 2.24) is 0 Å². The molecule has 0 N–H and O–H groups in total. The van der Waals surface area contributed by atoms with Gasteiger partial charge in [-0.2, -0.15) is 0 Å². The third-order valence-electron chi connectivity index (χ3n) is 11.1. The minimum Gasteiger partial charge on any atom is -0.463 e. The van der Waals surface area contributed by atoms with Crippen molar-refractivity contribution in [2.45, 2.75) is 106 Å². The topological polar surface area (TPSA) is 43.4 Å². The van der Waals surface area contributed by atoms with Crippen LogP contribution in [0.5, 0.6) is 0 Å². The number of hydrogen-bond acceptors (Lipinski definition) is 3. The zero-order chi connectivity index (χ0) is 24.1. The number of Topliss-reactive ketones (excluding diaryl/α,β-unsaturated/α-hetero) is 1. The Morgan fingerprint density at radius 2 is 1.73 bits per heavy atom. The van der Waals surface area contributed by atoms with Gasteiger partial charge in [-0.15, -0.1) is 0 Å². The number of fused-ring (bicyclic) bond motifs is 5. The van der Waals surface area contributed by atoms with E-state index in [1.54, 1.807) is 0 Å². The predicted molar refractivity (Wildman–Crippen MR) is 133 cm³/mol. The summed E-state index contributed by atoms with van der Waals surface area (Å²) in [5, 5.41) is 0. The summed E-state index contributed by atoms with van der Waals surface area (Å²) in [5.74, 6) is 4.80. The van der Waals surface area contributed by atoms with Crippen LogP contribution in [0, 0.1) is 58.2 Å². The number of esters is 1. The summed E-state index contributed by atoms with van der Waals surface area (Å²) in [6.45, 7) is 15.7. The number of carbonyl (C=O) groups is 2. The van der Waals surface area contributed by atoms with Crippen molar-refractivity contribution < 1.29 is 14.3 Å². The maximum Gasteiger partial charge on any atom is 0.302 e. The maximum absolute atomic E-state index is 13.9. The average molecular weight is 457 g/mol. The van der Waals surface area contributed by atoms with E-state index in [4.69, 9.17) is 4.74 Å². The monoisotopic (exact) mass is 456 g/mol. The molecule has 0 spiro atoms. The number of ketones is 1. The summed E-state index contributed by atoms with van der Waals surface area (Å²) in [6, 6.07) is 0. The molecule has 4 rings (SSSR count). The van der Waals surface area contributed by atoms with Gasteiger partial charge >= 0.3 is 5.97 Å². The predicted octanol–water partition coefficient (Wildman–Crippen LogP) is 7.24. The van der Waals surface area contributed by atoms with Crippen molar-refractivity contribution in [1.29, 1.82) is 0 Å². The SMILES string of the molecule is CC(=O)OC1CCC2(C)C(CCC3C4CCC(C(C)/C=C/C(C)C(C)C)C4(C)CC(=O)C32)C1. The van der Waals surface area contributed by atoms with Gasteiger partial charge in [-0.25, -0.2) is 0 Å². The Labute approximate surface area is 202 Å². The molecule has 3 heteroatoms. The molecule has 0 aromatic rings. The molecule has 0 aromatic carbocycles. The highest BCUT2D eigenvalue weighted by atomic mass is 16.5. The highest BCUT2D eigenvalue weighted by Crippen LogP contribution is 2.67. The number of carbonyl (C=O) groups excluding carboxylic acids is 2. The van der Waals surface area contributed by atoms with E-state index in [1.807, 2.05) is 0 Å². The summed E-state index contributed by atoms with van der Waals surface area (Å²) in [6.07, 6.45) is 13.6. The quantitative estimate of drug-likeness (QED) is 0.323. The number of rotatable bonds is 5. The molecular weight excluding hydrogens is 408 g/mol. The fourth-order valence-electron chi connectivity index (χ4n) is 8.98. The lowest BCUT2D eigenvalue weighted by atomic mass is 9.44. The van der Waals surface area contributed by atoms with Crippen molar-refractivity contribution in [3.63, 3.8) is 0 Å². The standard InChI is InChI=1S/C30H48O3/c1-18(2)19(3)8-9-20(4)25-12-13-26-24-11-10-22-16-23(33-21(5)31)14-15-29(22,6)28(24)27(32)17-30(25,26)7/h8-9,18-20,22-26,28H,10-17H2,1-7H3/b9-8+. The van der Waals surface area contributed by atoms with Crippen molar-refractivity contribution >= 4 is 11.8 Å². The first-order valence-electron chi connectivity index (χ1n) is 13.9. The molecule has 0 radical (unpaired) electrons. The van der Waals surface area contributed by atoms with Gasteiger partial charge in [0, 0.05) is 19.3 Å². The fourth-order valence-corrected chi connectivity index (χ4v) is 8.98. The van der Waals surface area contributed by atoms with Crippen molar-refractivity contribution in [2.75, 3.05) is 0 Å². The minimum absolute atomic E-state index is 0.0535. The minimum atomic E-state index is -0.162. The second kappa shape index (κ2) is 9.15. The molecule has 3 nitrogen and oxygen atoms in total. The summed E-state index contributed by atoms with van der Waals surface area (Å²) in [5.41, 5.74) is 0.246. The van der Waals surface area contributed by atoms with E-state index in [-0.39, 0.29) is 28.8 Å². The molecule has 4 fully saturated rings. The number of ether oxygens (including phenoxy) is 1. The van der Waals surface area contributed by atoms with Gasteiger partial charge < -0.3 is 4.74 Å². The van der Waals surface area contributed by atoms with Gasteiger partial charge in [0.25, 0.3) is 0 Å². The highest BCUT2D eigenvalue weighted by molar-refractivity contribution is 5.84. The summed E-state index contributed by atoms with van der Waals surface area (Å²) in [4.78, 5) is 25.4. The van der Waals surface area contributed by atoms with Crippen molar-refractivity contribution in [3.05, 3.63) is 12.2 Å². The Bertz CT molecular complexity index is 783. The van der Waals surface area contributed by atoms with E-state index in [9.17, 15) is 9.59 Å². The molecule has 0 aromatic heterocycles.